The van der Waals surface area contributed by atoms with Gasteiger partial charge in [-0.2, -0.15) is 15.8 Å². The Morgan fingerprint density at radius 2 is 1.95 bits per heavy atom. The zero-order valence-corrected chi connectivity index (χ0v) is 12.0. The number of rotatable bonds is 2. The van der Waals surface area contributed by atoms with Crippen LogP contribution in [-0.2, 0) is 0 Å². The van der Waals surface area contributed by atoms with Crippen LogP contribution >= 0.6 is 11.3 Å². The summed E-state index contributed by atoms with van der Waals surface area (Å²) in [7, 11) is 0. The quantitative estimate of drug-likeness (QED) is 0.846. The van der Waals surface area contributed by atoms with Crippen molar-refractivity contribution in [1.82, 2.24) is 0 Å². The Hall–Kier alpha value is -2.42. The Balaban J connectivity index is 2.21. The second-order valence-electron chi connectivity index (χ2n) is 5.44. The van der Waals surface area contributed by atoms with Crippen molar-refractivity contribution in [3.05, 3.63) is 34.0 Å². The largest absolute Gasteiger partial charge is 0.305 e. The molecule has 1 heterocycles. The predicted octanol–water partition coefficient (Wildman–Crippen LogP) is 3.37. The van der Waals surface area contributed by atoms with Crippen LogP contribution in [0.4, 0.5) is 0 Å². The summed E-state index contributed by atoms with van der Waals surface area (Å²) in [6.07, 6.45) is 3.98. The molecule has 0 saturated heterocycles. The van der Waals surface area contributed by atoms with E-state index in [1.165, 1.54) is 11.3 Å². The fraction of sp³-hybridized carbons (Fsp3) is 0.375. The maximum atomic E-state index is 9.59. The lowest BCUT2D eigenvalue weighted by Gasteiger charge is -2.35. The van der Waals surface area contributed by atoms with E-state index in [-0.39, 0.29) is 5.71 Å². The van der Waals surface area contributed by atoms with Crippen molar-refractivity contribution in [2.45, 2.75) is 18.8 Å². The van der Waals surface area contributed by atoms with Gasteiger partial charge in [0.1, 0.15) is 5.92 Å². The predicted molar refractivity (Wildman–Crippen MR) is 78.4 cm³/mol. The molecule has 0 aromatic carbocycles. The van der Waals surface area contributed by atoms with Crippen molar-refractivity contribution in [1.29, 1.82) is 21.2 Å². The van der Waals surface area contributed by atoms with Crippen molar-refractivity contribution in [2.24, 2.45) is 17.3 Å². The number of hydrogen-bond acceptors (Lipinski definition) is 5. The summed E-state index contributed by atoms with van der Waals surface area (Å²) in [5, 5.41) is 38.8. The molecule has 21 heavy (non-hydrogen) atoms. The van der Waals surface area contributed by atoms with E-state index >= 15 is 0 Å². The van der Waals surface area contributed by atoms with E-state index in [4.69, 9.17) is 5.41 Å². The van der Waals surface area contributed by atoms with Crippen molar-refractivity contribution in [2.75, 3.05) is 0 Å². The van der Waals surface area contributed by atoms with Crippen molar-refractivity contribution in [3.63, 3.8) is 0 Å². The second kappa shape index (κ2) is 4.85. The molecule has 1 saturated carbocycles. The van der Waals surface area contributed by atoms with Crippen LogP contribution in [0.15, 0.2) is 29.2 Å². The number of nitrogens with zero attached hydrogens (tertiary/aromatic N) is 3. The van der Waals surface area contributed by atoms with Crippen LogP contribution in [-0.4, -0.2) is 5.71 Å². The van der Waals surface area contributed by atoms with E-state index in [1.54, 1.807) is 0 Å². The van der Waals surface area contributed by atoms with E-state index in [0.717, 1.165) is 23.3 Å². The summed E-state index contributed by atoms with van der Waals surface area (Å²) < 4.78 is 0. The molecule has 3 rings (SSSR count). The van der Waals surface area contributed by atoms with Crippen LogP contribution in [0.5, 0.6) is 0 Å². The lowest BCUT2D eigenvalue weighted by molar-refractivity contribution is 0.569. The molecule has 5 heteroatoms. The lowest BCUT2D eigenvalue weighted by atomic mass is 9.63. The zero-order valence-electron chi connectivity index (χ0n) is 11.2. The molecular formula is C16H12N4S. The van der Waals surface area contributed by atoms with Crippen LogP contribution in [0, 0.1) is 56.7 Å². The Labute approximate surface area is 127 Å². The van der Waals surface area contributed by atoms with Crippen LogP contribution in [0.1, 0.15) is 23.6 Å². The van der Waals surface area contributed by atoms with Crippen LogP contribution in [0.3, 0.4) is 0 Å². The summed E-state index contributed by atoms with van der Waals surface area (Å²) >= 11 is 1.48. The maximum Gasteiger partial charge on any atom is 0.193 e. The molecule has 102 valence electrons. The van der Waals surface area contributed by atoms with Gasteiger partial charge in [0.15, 0.2) is 5.41 Å². The Bertz CT molecular complexity index is 721. The first-order valence-corrected chi connectivity index (χ1v) is 7.62. The fourth-order valence-corrected chi connectivity index (χ4v) is 3.81. The summed E-state index contributed by atoms with van der Waals surface area (Å²) in [5.74, 6) is -0.832. The first kappa shape index (κ1) is 13.6. The molecule has 2 aliphatic rings. The third-order valence-corrected chi connectivity index (χ3v) is 5.21. The highest BCUT2D eigenvalue weighted by Crippen LogP contribution is 2.51. The number of nitriles is 3. The topological polar surface area (TPSA) is 95.2 Å². The molecule has 0 spiro atoms. The highest BCUT2D eigenvalue weighted by Gasteiger charge is 2.53. The normalized spacial score (nSPS) is 27.1. The monoisotopic (exact) mass is 292 g/mol. The van der Waals surface area contributed by atoms with Gasteiger partial charge in [0.05, 0.1) is 23.9 Å². The SMILES string of the molecule is N#C[C@@H]1C(=N)C(C#N)(C#N)[C@@H](c2cccs2)C=C1C1CC1. The number of thiophene rings is 1. The molecule has 0 radical (unpaired) electrons. The first-order chi connectivity index (χ1) is 10.2. The standard InChI is InChI=1S/C16H12N4S/c17-7-12-11(10-3-4-10)6-13(14-2-1-5-21-14)16(8-18,9-19)15(12)20/h1-2,5-6,10,12-13,20H,3-4H2/t12-,13+/m0/s1. The van der Waals surface area contributed by atoms with E-state index in [9.17, 15) is 15.8 Å². The third-order valence-electron chi connectivity index (χ3n) is 4.25. The second-order valence-corrected chi connectivity index (χ2v) is 6.42. The highest BCUT2D eigenvalue weighted by molar-refractivity contribution is 7.10. The van der Waals surface area contributed by atoms with Gasteiger partial charge in [0, 0.05) is 10.8 Å². The first-order valence-electron chi connectivity index (χ1n) is 6.74. The highest BCUT2D eigenvalue weighted by atomic mass is 32.1. The van der Waals surface area contributed by atoms with E-state index in [1.807, 2.05) is 35.7 Å². The molecule has 2 atom stereocenters. The number of allylic oxidation sites excluding steroid dienone is 2. The van der Waals surface area contributed by atoms with Gasteiger partial charge in [-0.25, -0.2) is 0 Å². The lowest BCUT2D eigenvalue weighted by Crippen LogP contribution is -2.42. The summed E-state index contributed by atoms with van der Waals surface area (Å²) in [6, 6.07) is 9.94. The van der Waals surface area contributed by atoms with Gasteiger partial charge in [-0.3, -0.25) is 0 Å². The minimum atomic E-state index is -1.57. The number of nitrogens with one attached hydrogen (secondary N) is 1. The van der Waals surface area contributed by atoms with Crippen molar-refractivity contribution in [3.8, 4) is 18.2 Å². The Morgan fingerprint density at radius 3 is 2.43 bits per heavy atom. The minimum Gasteiger partial charge on any atom is -0.305 e. The van der Waals surface area contributed by atoms with E-state index < -0.39 is 17.3 Å². The van der Waals surface area contributed by atoms with Crippen molar-refractivity contribution >= 4 is 17.0 Å². The van der Waals surface area contributed by atoms with Gasteiger partial charge in [0.25, 0.3) is 0 Å². The van der Waals surface area contributed by atoms with Crippen LogP contribution in [0.25, 0.3) is 0 Å². The molecule has 0 amide bonds. The van der Waals surface area contributed by atoms with Gasteiger partial charge in [-0.05, 0) is 35.8 Å². The molecule has 0 aliphatic heterocycles. The molecule has 0 bridgehead atoms. The molecule has 4 nitrogen and oxygen atoms in total. The number of hydrogen-bond donors (Lipinski definition) is 1. The van der Waals surface area contributed by atoms with Gasteiger partial charge in [-0.1, -0.05) is 12.1 Å². The van der Waals surface area contributed by atoms with E-state index in [2.05, 4.69) is 6.07 Å². The van der Waals surface area contributed by atoms with Gasteiger partial charge >= 0.3 is 0 Å². The van der Waals surface area contributed by atoms with Gasteiger partial charge < -0.3 is 5.41 Å². The van der Waals surface area contributed by atoms with E-state index in [0.29, 0.717) is 5.92 Å². The van der Waals surface area contributed by atoms with Crippen LogP contribution < -0.4 is 0 Å². The molecule has 1 fully saturated rings. The smallest absolute Gasteiger partial charge is 0.193 e. The van der Waals surface area contributed by atoms with Gasteiger partial charge in [-0.15, -0.1) is 11.3 Å². The Kier molecular flexibility index (Phi) is 3.13. The third kappa shape index (κ3) is 1.88. The average Bonchev–Trinajstić information content (AvgIpc) is 3.21. The zero-order chi connectivity index (χ0) is 15.0. The average molecular weight is 292 g/mol. The Morgan fingerprint density at radius 1 is 1.24 bits per heavy atom. The fourth-order valence-electron chi connectivity index (χ4n) is 2.95. The molecule has 0 unspecified atom stereocenters. The summed E-state index contributed by atoms with van der Waals surface area (Å²) in [6.45, 7) is 0. The molecule has 2 aliphatic carbocycles. The molecular weight excluding hydrogens is 280 g/mol. The molecule has 1 N–H and O–H groups in total. The van der Waals surface area contributed by atoms with Crippen molar-refractivity contribution < 1.29 is 0 Å². The van der Waals surface area contributed by atoms with Gasteiger partial charge in [0.2, 0.25) is 0 Å². The summed E-state index contributed by atoms with van der Waals surface area (Å²) in [5.41, 5.74) is -0.691. The summed E-state index contributed by atoms with van der Waals surface area (Å²) in [4.78, 5) is 0.900. The minimum absolute atomic E-state index is 0.0576. The molecule has 1 aromatic heterocycles. The van der Waals surface area contributed by atoms with Crippen LogP contribution in [0.2, 0.25) is 0 Å². The molecule has 1 aromatic rings. The maximum absolute atomic E-state index is 9.59.